The molecule has 2 N–H and O–H groups in total. The van der Waals surface area contributed by atoms with E-state index in [-0.39, 0.29) is 29.7 Å². The van der Waals surface area contributed by atoms with Crippen molar-refractivity contribution in [2.75, 3.05) is 39.9 Å². The van der Waals surface area contributed by atoms with Crippen LogP contribution in [0.1, 0.15) is 31.4 Å². The number of halogens is 1. The van der Waals surface area contributed by atoms with Gasteiger partial charge < -0.3 is 14.4 Å². The predicted molar refractivity (Wildman–Crippen MR) is 96.1 cm³/mol. The van der Waals surface area contributed by atoms with Gasteiger partial charge in [-0.15, -0.1) is 0 Å². The Morgan fingerprint density at radius 1 is 1.35 bits per heavy atom. The lowest BCUT2D eigenvalue weighted by atomic mass is 9.91. The zero-order chi connectivity index (χ0) is 18.5. The molecule has 2 saturated heterocycles. The number of nitrogens with zero attached hydrogens (tertiary/aromatic N) is 1. The summed E-state index contributed by atoms with van der Waals surface area (Å²) in [6, 6.07) is 4.93. The highest BCUT2D eigenvalue weighted by atomic mass is 19.1. The first-order valence-electron chi connectivity index (χ1n) is 9.33. The van der Waals surface area contributed by atoms with Crippen LogP contribution in [-0.4, -0.2) is 50.8 Å². The van der Waals surface area contributed by atoms with E-state index in [0.717, 1.165) is 39.0 Å². The lowest BCUT2D eigenvalue weighted by Crippen LogP contribution is -2.40. The van der Waals surface area contributed by atoms with Crippen molar-refractivity contribution in [2.24, 2.45) is 11.8 Å². The monoisotopic (exact) mass is 365 g/mol. The number of hydrogen-bond donors (Lipinski definition) is 2. The smallest absolute Gasteiger partial charge is 0.309 e. The topological polar surface area (TPSA) is 62.8 Å². The number of esters is 1. The van der Waals surface area contributed by atoms with Crippen LogP contribution in [0.3, 0.4) is 0 Å². The van der Waals surface area contributed by atoms with Crippen molar-refractivity contribution in [3.05, 3.63) is 29.6 Å². The third-order valence-corrected chi connectivity index (χ3v) is 5.34. The molecule has 2 atom stereocenters. The maximum absolute atomic E-state index is 14.4. The van der Waals surface area contributed by atoms with Gasteiger partial charge in [0.25, 0.3) is 0 Å². The molecule has 2 heterocycles. The Morgan fingerprint density at radius 3 is 2.77 bits per heavy atom. The van der Waals surface area contributed by atoms with Gasteiger partial charge in [0.05, 0.1) is 25.7 Å². The van der Waals surface area contributed by atoms with Gasteiger partial charge in [0.2, 0.25) is 0 Å². The van der Waals surface area contributed by atoms with Gasteiger partial charge in [0.15, 0.2) is 0 Å². The van der Waals surface area contributed by atoms with Crippen molar-refractivity contribution in [1.82, 2.24) is 15.8 Å². The van der Waals surface area contributed by atoms with E-state index in [4.69, 9.17) is 9.47 Å². The van der Waals surface area contributed by atoms with E-state index in [0.29, 0.717) is 17.9 Å². The third-order valence-electron chi connectivity index (χ3n) is 5.34. The van der Waals surface area contributed by atoms with E-state index in [1.807, 2.05) is 6.92 Å². The van der Waals surface area contributed by atoms with E-state index in [1.54, 1.807) is 12.1 Å². The van der Waals surface area contributed by atoms with Crippen molar-refractivity contribution in [3.63, 3.8) is 0 Å². The molecule has 2 aliphatic rings. The van der Waals surface area contributed by atoms with Crippen LogP contribution in [-0.2, 0) is 9.53 Å². The molecule has 0 amide bonds. The minimum absolute atomic E-state index is 0.0147. The summed E-state index contributed by atoms with van der Waals surface area (Å²) in [6.45, 7) is 5.67. The molecular weight excluding hydrogens is 337 g/mol. The number of carbonyl (C=O) groups excluding carboxylic acids is 1. The molecule has 144 valence electrons. The standard InChI is InChI=1S/C19H28FN3O3/c1-3-26-19(24)13-6-8-23(9-7-13)12-14-11-21-22-18(14)16-5-4-15(25-2)10-17(16)20/h4-5,10,13-14,18,21-22H,3,6-9,11-12H2,1-2H3. The summed E-state index contributed by atoms with van der Waals surface area (Å²) >= 11 is 0. The van der Waals surface area contributed by atoms with E-state index < -0.39 is 0 Å². The second-order valence-electron chi connectivity index (χ2n) is 6.98. The molecule has 1 aromatic rings. The molecule has 0 saturated carbocycles. The Morgan fingerprint density at radius 2 is 2.12 bits per heavy atom. The van der Waals surface area contributed by atoms with Crippen molar-refractivity contribution in [1.29, 1.82) is 0 Å². The molecule has 2 aliphatic heterocycles. The minimum atomic E-state index is -0.253. The molecular formula is C19H28FN3O3. The van der Waals surface area contributed by atoms with Gasteiger partial charge in [-0.05, 0) is 38.9 Å². The Kier molecular flexibility index (Phi) is 6.45. The molecule has 1 aromatic carbocycles. The molecule has 3 rings (SSSR count). The molecule has 0 spiro atoms. The first-order valence-corrected chi connectivity index (χ1v) is 9.33. The van der Waals surface area contributed by atoms with Crippen LogP contribution in [0.4, 0.5) is 4.39 Å². The number of hydrazine groups is 1. The van der Waals surface area contributed by atoms with Gasteiger partial charge >= 0.3 is 5.97 Å². The summed E-state index contributed by atoms with van der Waals surface area (Å²) < 4.78 is 24.7. The van der Waals surface area contributed by atoms with Crippen molar-refractivity contribution in [2.45, 2.75) is 25.8 Å². The molecule has 0 aliphatic carbocycles. The number of hydrogen-bond acceptors (Lipinski definition) is 6. The van der Waals surface area contributed by atoms with Gasteiger partial charge in [0, 0.05) is 30.6 Å². The van der Waals surface area contributed by atoms with Crippen molar-refractivity contribution >= 4 is 5.97 Å². The molecule has 2 unspecified atom stereocenters. The summed E-state index contributed by atoms with van der Waals surface area (Å²) in [4.78, 5) is 14.2. The van der Waals surface area contributed by atoms with Gasteiger partial charge in [-0.25, -0.2) is 9.82 Å². The summed E-state index contributed by atoms with van der Waals surface area (Å²) in [5.41, 5.74) is 7.02. The normalized spacial score (nSPS) is 24.6. The fourth-order valence-electron chi connectivity index (χ4n) is 3.87. The van der Waals surface area contributed by atoms with E-state index in [9.17, 15) is 9.18 Å². The van der Waals surface area contributed by atoms with Gasteiger partial charge in [-0.2, -0.15) is 0 Å². The first kappa shape index (κ1) is 19.1. The zero-order valence-electron chi connectivity index (χ0n) is 15.5. The molecule has 0 radical (unpaired) electrons. The predicted octanol–water partition coefficient (Wildman–Crippen LogP) is 1.87. The molecule has 2 fully saturated rings. The maximum Gasteiger partial charge on any atom is 0.309 e. The highest BCUT2D eigenvalue weighted by Gasteiger charge is 2.33. The highest BCUT2D eigenvalue weighted by molar-refractivity contribution is 5.72. The number of likely N-dealkylation sites (tertiary alicyclic amines) is 1. The fraction of sp³-hybridized carbons (Fsp3) is 0.632. The average molecular weight is 365 g/mol. The summed E-state index contributed by atoms with van der Waals surface area (Å²) in [7, 11) is 1.53. The number of methoxy groups -OCH3 is 1. The number of nitrogens with one attached hydrogen (secondary N) is 2. The zero-order valence-corrected chi connectivity index (χ0v) is 15.5. The number of rotatable bonds is 6. The number of ether oxygens (including phenoxy) is 2. The Labute approximate surface area is 154 Å². The van der Waals surface area contributed by atoms with E-state index in [2.05, 4.69) is 15.8 Å². The maximum atomic E-state index is 14.4. The largest absolute Gasteiger partial charge is 0.497 e. The molecule has 0 aromatic heterocycles. The Bertz CT molecular complexity index is 620. The van der Waals surface area contributed by atoms with Gasteiger partial charge in [-0.3, -0.25) is 10.2 Å². The summed E-state index contributed by atoms with van der Waals surface area (Å²) in [6.07, 6.45) is 1.65. The third kappa shape index (κ3) is 4.34. The van der Waals surface area contributed by atoms with Crippen LogP contribution in [0, 0.1) is 17.7 Å². The summed E-state index contributed by atoms with van der Waals surface area (Å²) in [5.74, 6) is 0.471. The molecule has 6 nitrogen and oxygen atoms in total. The first-order chi connectivity index (χ1) is 12.6. The van der Waals surface area contributed by atoms with Crippen LogP contribution >= 0.6 is 0 Å². The summed E-state index contributed by atoms with van der Waals surface area (Å²) in [5, 5.41) is 0. The molecule has 26 heavy (non-hydrogen) atoms. The Hall–Kier alpha value is -1.70. The van der Waals surface area contributed by atoms with Crippen molar-refractivity contribution in [3.8, 4) is 5.75 Å². The Balaban J connectivity index is 1.57. The number of carbonyl (C=O) groups is 1. The van der Waals surface area contributed by atoms with Gasteiger partial charge in [0.1, 0.15) is 11.6 Å². The average Bonchev–Trinajstić information content (AvgIpc) is 3.10. The molecule has 0 bridgehead atoms. The fourth-order valence-corrected chi connectivity index (χ4v) is 3.87. The number of benzene rings is 1. The highest BCUT2D eigenvalue weighted by Crippen LogP contribution is 2.30. The van der Waals surface area contributed by atoms with E-state index >= 15 is 0 Å². The quantitative estimate of drug-likeness (QED) is 0.751. The lowest BCUT2D eigenvalue weighted by Gasteiger charge is -2.33. The lowest BCUT2D eigenvalue weighted by molar-refractivity contribution is -0.149. The number of piperidine rings is 1. The van der Waals surface area contributed by atoms with E-state index in [1.165, 1.54) is 13.2 Å². The van der Waals surface area contributed by atoms with Crippen LogP contribution in [0.5, 0.6) is 5.75 Å². The van der Waals surface area contributed by atoms with Crippen LogP contribution in [0.2, 0.25) is 0 Å². The van der Waals surface area contributed by atoms with Crippen molar-refractivity contribution < 1.29 is 18.7 Å². The SMILES string of the molecule is CCOC(=O)C1CCN(CC2CNNC2c2ccc(OC)cc2F)CC1. The van der Waals surface area contributed by atoms with Gasteiger partial charge in [-0.1, -0.05) is 6.07 Å². The second-order valence-corrected chi connectivity index (χ2v) is 6.98. The molecule has 7 heteroatoms. The van der Waals surface area contributed by atoms with Crippen LogP contribution in [0.25, 0.3) is 0 Å². The minimum Gasteiger partial charge on any atom is -0.497 e. The second kappa shape index (κ2) is 8.79. The van der Waals surface area contributed by atoms with Crippen LogP contribution < -0.4 is 15.6 Å². The van der Waals surface area contributed by atoms with Crippen LogP contribution in [0.15, 0.2) is 18.2 Å².